The second-order valence-corrected chi connectivity index (χ2v) is 9.46. The summed E-state index contributed by atoms with van der Waals surface area (Å²) >= 11 is 0. The van der Waals surface area contributed by atoms with Crippen molar-refractivity contribution in [3.05, 3.63) is 68.0 Å². The molecule has 0 saturated heterocycles. The Labute approximate surface area is 195 Å². The average Bonchev–Trinajstić information content (AvgIpc) is 3.03. The maximum absolute atomic E-state index is 13.7. The molecular formula is C25H27N3O6. The fourth-order valence-corrected chi connectivity index (χ4v) is 6.15. The van der Waals surface area contributed by atoms with Crippen molar-refractivity contribution in [1.82, 2.24) is 13.9 Å². The molecule has 0 radical (unpaired) electrons. The summed E-state index contributed by atoms with van der Waals surface area (Å²) in [7, 11) is 1.42. The number of phenols is 1. The van der Waals surface area contributed by atoms with Crippen LogP contribution in [0.4, 0.5) is 0 Å². The van der Waals surface area contributed by atoms with Crippen molar-refractivity contribution in [2.75, 3.05) is 6.61 Å². The number of para-hydroxylation sites is 1. The van der Waals surface area contributed by atoms with Gasteiger partial charge in [0.05, 0.1) is 24.6 Å². The molecule has 1 saturated carbocycles. The van der Waals surface area contributed by atoms with Crippen molar-refractivity contribution in [1.29, 1.82) is 0 Å². The SMILES string of the molecule is CCOc1cccc(C2C3=CCn4c(=O)n(C)c(=O)n4C3CC3C(=O)C=C(C)C(=O)C32C)c1O. The summed E-state index contributed by atoms with van der Waals surface area (Å²) in [5.41, 5.74) is -0.500. The fraction of sp³-hybridized carbons (Fsp3) is 0.440. The Morgan fingerprint density at radius 3 is 2.62 bits per heavy atom. The molecule has 5 rings (SSSR count). The molecule has 1 aromatic carbocycles. The van der Waals surface area contributed by atoms with Gasteiger partial charge in [0.1, 0.15) is 0 Å². The Hall–Kier alpha value is -3.62. The van der Waals surface area contributed by atoms with E-state index in [-0.39, 0.29) is 36.0 Å². The van der Waals surface area contributed by atoms with Gasteiger partial charge in [-0.15, -0.1) is 0 Å². The number of allylic oxidation sites excluding steroid dienone is 4. The van der Waals surface area contributed by atoms with Gasteiger partial charge in [-0.3, -0.25) is 9.59 Å². The molecule has 2 aliphatic carbocycles. The lowest BCUT2D eigenvalue weighted by Gasteiger charge is -2.52. The summed E-state index contributed by atoms with van der Waals surface area (Å²) in [4.78, 5) is 52.6. The Kier molecular flexibility index (Phi) is 4.86. The van der Waals surface area contributed by atoms with E-state index >= 15 is 0 Å². The zero-order valence-electron chi connectivity index (χ0n) is 19.6. The number of hydrogen-bond donors (Lipinski definition) is 1. The van der Waals surface area contributed by atoms with Crippen LogP contribution in [0.1, 0.15) is 44.7 Å². The molecule has 178 valence electrons. The smallest absolute Gasteiger partial charge is 0.347 e. The molecule has 4 atom stereocenters. The summed E-state index contributed by atoms with van der Waals surface area (Å²) in [6.07, 6.45) is 3.44. The van der Waals surface area contributed by atoms with E-state index in [9.17, 15) is 24.3 Å². The van der Waals surface area contributed by atoms with Gasteiger partial charge in [0, 0.05) is 24.4 Å². The molecule has 9 nitrogen and oxygen atoms in total. The van der Waals surface area contributed by atoms with E-state index in [0.717, 1.165) is 10.1 Å². The lowest BCUT2D eigenvalue weighted by Crippen LogP contribution is -2.54. The fourth-order valence-electron chi connectivity index (χ4n) is 6.15. The van der Waals surface area contributed by atoms with Gasteiger partial charge in [-0.1, -0.05) is 25.1 Å². The molecule has 2 heterocycles. The van der Waals surface area contributed by atoms with Crippen LogP contribution in [-0.4, -0.2) is 37.2 Å². The number of ketones is 2. The minimum Gasteiger partial charge on any atom is -0.504 e. The van der Waals surface area contributed by atoms with Crippen molar-refractivity contribution in [3.63, 3.8) is 0 Å². The van der Waals surface area contributed by atoms with Gasteiger partial charge in [-0.25, -0.2) is 23.5 Å². The van der Waals surface area contributed by atoms with Crippen molar-refractivity contribution in [2.24, 2.45) is 18.4 Å². The predicted octanol–water partition coefficient (Wildman–Crippen LogP) is 1.84. The van der Waals surface area contributed by atoms with E-state index in [2.05, 4.69) is 0 Å². The number of rotatable bonds is 3. The molecule has 0 amide bonds. The van der Waals surface area contributed by atoms with Gasteiger partial charge < -0.3 is 9.84 Å². The van der Waals surface area contributed by atoms with Crippen molar-refractivity contribution >= 4 is 11.6 Å². The second kappa shape index (κ2) is 7.44. The molecule has 1 aliphatic heterocycles. The Morgan fingerprint density at radius 1 is 1.18 bits per heavy atom. The molecule has 4 unspecified atom stereocenters. The van der Waals surface area contributed by atoms with Crippen LogP contribution in [0.15, 0.2) is 51.1 Å². The molecule has 3 aliphatic rings. The first kappa shape index (κ1) is 22.2. The number of Topliss-reactive ketones (excluding diaryl/α,β-unsaturated/α-hetero) is 1. The van der Waals surface area contributed by atoms with Gasteiger partial charge in [-0.05, 0) is 43.6 Å². The van der Waals surface area contributed by atoms with Crippen LogP contribution in [0.3, 0.4) is 0 Å². The largest absolute Gasteiger partial charge is 0.504 e. The third-order valence-electron chi connectivity index (χ3n) is 7.74. The minimum absolute atomic E-state index is 0.0910. The normalized spacial score (nSPS) is 27.9. The highest BCUT2D eigenvalue weighted by atomic mass is 16.5. The molecule has 9 heteroatoms. The number of nitrogens with zero attached hydrogens (tertiary/aromatic N) is 3. The molecule has 0 spiro atoms. The van der Waals surface area contributed by atoms with E-state index in [1.54, 1.807) is 32.0 Å². The lowest BCUT2D eigenvalue weighted by molar-refractivity contribution is -0.139. The first-order chi connectivity index (χ1) is 16.1. The van der Waals surface area contributed by atoms with Crippen LogP contribution in [0.2, 0.25) is 0 Å². The van der Waals surface area contributed by atoms with Crippen LogP contribution in [0, 0.1) is 11.3 Å². The third-order valence-corrected chi connectivity index (χ3v) is 7.74. The number of phenolic OH excluding ortho intramolecular Hbond substituents is 1. The summed E-state index contributed by atoms with van der Waals surface area (Å²) < 4.78 is 9.41. The molecule has 2 aromatic rings. The van der Waals surface area contributed by atoms with Crippen LogP contribution in [0.25, 0.3) is 0 Å². The van der Waals surface area contributed by atoms with Crippen LogP contribution in [0.5, 0.6) is 11.5 Å². The van der Waals surface area contributed by atoms with Crippen LogP contribution in [-0.2, 0) is 23.2 Å². The van der Waals surface area contributed by atoms with Gasteiger partial charge >= 0.3 is 11.4 Å². The van der Waals surface area contributed by atoms with Crippen molar-refractivity contribution in [2.45, 2.75) is 45.7 Å². The summed E-state index contributed by atoms with van der Waals surface area (Å²) in [5, 5.41) is 11.2. The molecule has 34 heavy (non-hydrogen) atoms. The average molecular weight is 466 g/mol. The van der Waals surface area contributed by atoms with E-state index in [0.29, 0.717) is 17.7 Å². The van der Waals surface area contributed by atoms with Crippen molar-refractivity contribution in [3.8, 4) is 11.5 Å². The Bertz CT molecular complexity index is 1420. The number of ether oxygens (including phenoxy) is 1. The number of benzene rings is 1. The van der Waals surface area contributed by atoms with Gasteiger partial charge in [0.25, 0.3) is 0 Å². The molecular weight excluding hydrogens is 438 g/mol. The lowest BCUT2D eigenvalue weighted by atomic mass is 9.51. The maximum atomic E-state index is 13.7. The molecule has 1 fully saturated rings. The van der Waals surface area contributed by atoms with Crippen LogP contribution >= 0.6 is 0 Å². The summed E-state index contributed by atoms with van der Waals surface area (Å²) in [5.74, 6) is -1.56. The van der Waals surface area contributed by atoms with E-state index in [1.165, 1.54) is 22.5 Å². The first-order valence-electron chi connectivity index (χ1n) is 11.4. The molecule has 1 aromatic heterocycles. The van der Waals surface area contributed by atoms with Gasteiger partial charge in [0.15, 0.2) is 23.1 Å². The Balaban J connectivity index is 1.80. The molecule has 0 bridgehead atoms. The standard InChI is InChI=1S/C25H27N3O6/c1-5-34-19-8-6-7-15(21(19)30)20-14-9-10-27-23(32)26(4)24(33)28(27)17(14)12-16-18(29)11-13(2)22(31)25(16,20)3/h6-9,11,16-17,20,30H,5,10,12H2,1-4H3. The zero-order chi connectivity index (χ0) is 24.5. The Morgan fingerprint density at radius 2 is 1.91 bits per heavy atom. The van der Waals surface area contributed by atoms with Gasteiger partial charge in [0.2, 0.25) is 0 Å². The number of carbonyl (C=O) groups excluding carboxylic acids is 2. The number of aromatic hydroxyl groups is 1. The third kappa shape index (κ3) is 2.72. The highest BCUT2D eigenvalue weighted by molar-refractivity contribution is 6.13. The zero-order valence-corrected chi connectivity index (χ0v) is 19.6. The van der Waals surface area contributed by atoms with Crippen LogP contribution < -0.4 is 16.1 Å². The van der Waals surface area contributed by atoms with Gasteiger partial charge in [-0.2, -0.15) is 0 Å². The minimum atomic E-state index is -1.17. The van der Waals surface area contributed by atoms with E-state index in [4.69, 9.17) is 4.74 Å². The summed E-state index contributed by atoms with van der Waals surface area (Å²) in [6.45, 7) is 5.72. The quantitative estimate of drug-likeness (QED) is 0.693. The highest BCUT2D eigenvalue weighted by Crippen LogP contribution is 2.61. The maximum Gasteiger partial charge on any atom is 0.347 e. The summed E-state index contributed by atoms with van der Waals surface area (Å²) in [6, 6.07) is 4.52. The topological polar surface area (TPSA) is 113 Å². The highest BCUT2D eigenvalue weighted by Gasteiger charge is 2.60. The number of carbonyl (C=O) groups is 2. The number of fused-ring (bicyclic) bond motifs is 4. The van der Waals surface area contributed by atoms with E-state index < -0.39 is 34.7 Å². The number of aromatic nitrogens is 3. The first-order valence-corrected chi connectivity index (χ1v) is 11.4. The van der Waals surface area contributed by atoms with E-state index in [1.807, 2.05) is 13.0 Å². The van der Waals surface area contributed by atoms with Crippen molar-refractivity contribution < 1.29 is 19.4 Å². The second-order valence-electron chi connectivity index (χ2n) is 9.46. The monoisotopic (exact) mass is 465 g/mol. The number of hydrogen-bond acceptors (Lipinski definition) is 6. The predicted molar refractivity (Wildman–Crippen MR) is 123 cm³/mol. The molecule has 1 N–H and O–H groups in total.